The highest BCUT2D eigenvalue weighted by atomic mass is 16.6. The lowest BCUT2D eigenvalue weighted by Gasteiger charge is -2.07. The zero-order chi connectivity index (χ0) is 13.8. The molecule has 0 bridgehead atoms. The van der Waals surface area contributed by atoms with Crippen LogP contribution in [-0.2, 0) is 6.54 Å². The first-order valence-electron chi connectivity index (χ1n) is 5.54. The lowest BCUT2D eigenvalue weighted by molar-refractivity contribution is -0.384. The minimum absolute atomic E-state index is 0.0954. The summed E-state index contributed by atoms with van der Waals surface area (Å²) >= 11 is 0. The molecule has 8 nitrogen and oxygen atoms in total. The van der Waals surface area contributed by atoms with Crippen molar-refractivity contribution in [2.24, 2.45) is 0 Å². The van der Waals surface area contributed by atoms with Crippen molar-refractivity contribution in [3.05, 3.63) is 39.7 Å². The molecule has 0 aliphatic heterocycles. The summed E-state index contributed by atoms with van der Waals surface area (Å²) in [6.07, 6.45) is 1.66. The lowest BCUT2D eigenvalue weighted by atomic mass is 10.2. The Balaban J connectivity index is 2.22. The zero-order valence-corrected chi connectivity index (χ0v) is 10.5. The number of nitro groups is 1. The molecule has 2 rings (SSSR count). The number of pyridine rings is 1. The number of H-pyrrole nitrogens is 1. The minimum atomic E-state index is -0.489. The highest BCUT2D eigenvalue weighted by molar-refractivity contribution is 5.57. The molecule has 0 unspecified atom stereocenters. The second kappa shape index (κ2) is 5.34. The van der Waals surface area contributed by atoms with E-state index in [0.29, 0.717) is 12.4 Å². The molecule has 0 aromatic carbocycles. The highest BCUT2D eigenvalue weighted by Gasteiger charge is 2.16. The van der Waals surface area contributed by atoms with E-state index >= 15 is 0 Å². The number of methoxy groups -OCH3 is 1. The predicted octanol–water partition coefficient (Wildman–Crippen LogP) is 1.64. The van der Waals surface area contributed by atoms with Crippen molar-refractivity contribution in [3.8, 4) is 5.88 Å². The third-order valence-corrected chi connectivity index (χ3v) is 2.63. The van der Waals surface area contributed by atoms with Crippen LogP contribution < -0.4 is 10.1 Å². The fourth-order valence-corrected chi connectivity index (χ4v) is 1.56. The molecule has 0 spiro atoms. The molecule has 100 valence electrons. The summed E-state index contributed by atoms with van der Waals surface area (Å²) in [5.41, 5.74) is 1.72. The highest BCUT2D eigenvalue weighted by Crippen LogP contribution is 2.25. The van der Waals surface area contributed by atoms with Gasteiger partial charge in [0.05, 0.1) is 18.2 Å². The Morgan fingerprint density at radius 1 is 1.53 bits per heavy atom. The maximum absolute atomic E-state index is 10.9. The van der Waals surface area contributed by atoms with E-state index in [1.807, 2.05) is 6.92 Å². The average Bonchev–Trinajstić information content (AvgIpc) is 2.81. The molecule has 0 amide bonds. The average molecular weight is 263 g/mol. The van der Waals surface area contributed by atoms with Gasteiger partial charge in [-0.05, 0) is 6.92 Å². The van der Waals surface area contributed by atoms with Crippen LogP contribution in [0, 0.1) is 17.0 Å². The monoisotopic (exact) mass is 263 g/mol. The third kappa shape index (κ3) is 2.79. The van der Waals surface area contributed by atoms with Crippen molar-refractivity contribution < 1.29 is 9.66 Å². The first-order chi connectivity index (χ1) is 9.11. The van der Waals surface area contributed by atoms with Gasteiger partial charge >= 0.3 is 5.69 Å². The Hall–Kier alpha value is -2.64. The minimum Gasteiger partial charge on any atom is -0.481 e. The van der Waals surface area contributed by atoms with Crippen LogP contribution in [0.1, 0.15) is 11.3 Å². The van der Waals surface area contributed by atoms with Gasteiger partial charge < -0.3 is 10.1 Å². The fraction of sp³-hybridized carbons (Fsp3) is 0.273. The molecule has 2 N–H and O–H groups in total. The van der Waals surface area contributed by atoms with E-state index < -0.39 is 4.92 Å². The number of aromatic amines is 1. The van der Waals surface area contributed by atoms with Crippen molar-refractivity contribution >= 4 is 11.5 Å². The maximum Gasteiger partial charge on any atom is 0.311 e. The van der Waals surface area contributed by atoms with Crippen molar-refractivity contribution in [3.63, 3.8) is 0 Å². The largest absolute Gasteiger partial charge is 0.481 e. The number of hydrogen-bond acceptors (Lipinski definition) is 6. The Labute approximate surface area is 109 Å². The van der Waals surface area contributed by atoms with E-state index in [1.54, 1.807) is 6.20 Å². The molecule has 19 heavy (non-hydrogen) atoms. The number of nitrogens with one attached hydrogen (secondary N) is 2. The maximum atomic E-state index is 10.9. The Morgan fingerprint density at radius 3 is 2.89 bits per heavy atom. The van der Waals surface area contributed by atoms with E-state index in [-0.39, 0.29) is 11.5 Å². The van der Waals surface area contributed by atoms with Gasteiger partial charge in [0.15, 0.2) is 0 Å². The Kier molecular flexibility index (Phi) is 3.60. The van der Waals surface area contributed by atoms with Crippen molar-refractivity contribution in [1.82, 2.24) is 15.2 Å². The summed E-state index contributed by atoms with van der Waals surface area (Å²) in [7, 11) is 1.46. The number of ether oxygens (including phenoxy) is 1. The summed E-state index contributed by atoms with van der Waals surface area (Å²) in [4.78, 5) is 14.5. The molecular weight excluding hydrogens is 250 g/mol. The molecular formula is C11H13N5O3. The van der Waals surface area contributed by atoms with Crippen LogP contribution in [0.25, 0.3) is 0 Å². The van der Waals surface area contributed by atoms with Crippen LogP contribution in [0.5, 0.6) is 5.88 Å². The van der Waals surface area contributed by atoms with Gasteiger partial charge in [0.25, 0.3) is 0 Å². The first-order valence-corrected chi connectivity index (χ1v) is 5.54. The summed E-state index contributed by atoms with van der Waals surface area (Å²) < 4.78 is 4.96. The van der Waals surface area contributed by atoms with E-state index in [2.05, 4.69) is 20.5 Å². The second-order valence-corrected chi connectivity index (χ2v) is 3.85. The molecule has 0 fully saturated rings. The van der Waals surface area contributed by atoms with Gasteiger partial charge in [0.1, 0.15) is 0 Å². The van der Waals surface area contributed by atoms with Gasteiger partial charge in [-0.15, -0.1) is 0 Å². The number of nitrogens with zero attached hydrogens (tertiary/aromatic N) is 3. The third-order valence-electron chi connectivity index (χ3n) is 2.63. The summed E-state index contributed by atoms with van der Waals surface area (Å²) in [6, 6.07) is 2.81. The second-order valence-electron chi connectivity index (χ2n) is 3.85. The molecule has 0 atom stereocenters. The van der Waals surface area contributed by atoms with E-state index in [0.717, 1.165) is 11.3 Å². The zero-order valence-electron chi connectivity index (χ0n) is 10.5. The van der Waals surface area contributed by atoms with Crippen LogP contribution in [0.15, 0.2) is 18.3 Å². The Bertz CT molecular complexity index is 596. The summed E-state index contributed by atoms with van der Waals surface area (Å²) in [6.45, 7) is 2.26. The molecule has 2 heterocycles. The van der Waals surface area contributed by atoms with Crippen LogP contribution in [0.2, 0.25) is 0 Å². The molecule has 8 heteroatoms. The van der Waals surface area contributed by atoms with Gasteiger partial charge in [-0.3, -0.25) is 15.2 Å². The normalized spacial score (nSPS) is 10.2. The topological polar surface area (TPSA) is 106 Å². The molecule has 2 aromatic heterocycles. The van der Waals surface area contributed by atoms with Crippen molar-refractivity contribution in [2.75, 3.05) is 12.4 Å². The van der Waals surface area contributed by atoms with Crippen molar-refractivity contribution in [2.45, 2.75) is 13.5 Å². The molecule has 2 aromatic rings. The molecule has 0 aliphatic carbocycles. The number of anilines is 1. The van der Waals surface area contributed by atoms with Gasteiger partial charge in [-0.1, -0.05) is 0 Å². The van der Waals surface area contributed by atoms with Crippen molar-refractivity contribution in [1.29, 1.82) is 0 Å². The molecule has 0 aliphatic rings. The number of hydrogen-bond donors (Lipinski definition) is 2. The SMILES string of the molecule is COc1ccc([N+](=O)[O-])c(NCc2cn[nH]c2C)n1. The van der Waals surface area contributed by atoms with Crippen LogP contribution in [-0.4, -0.2) is 27.2 Å². The van der Waals surface area contributed by atoms with Gasteiger partial charge in [-0.2, -0.15) is 10.1 Å². The molecule has 0 radical (unpaired) electrons. The van der Waals surface area contributed by atoms with Gasteiger partial charge in [-0.25, -0.2) is 0 Å². The number of aryl methyl sites for hydroxylation is 1. The van der Waals surface area contributed by atoms with Gasteiger partial charge in [0.2, 0.25) is 11.7 Å². The van der Waals surface area contributed by atoms with E-state index in [4.69, 9.17) is 4.74 Å². The van der Waals surface area contributed by atoms with E-state index in [1.165, 1.54) is 19.2 Å². The number of rotatable bonds is 5. The summed E-state index contributed by atoms with van der Waals surface area (Å²) in [5.74, 6) is 0.488. The smallest absolute Gasteiger partial charge is 0.311 e. The summed E-state index contributed by atoms with van der Waals surface area (Å²) in [5, 5.41) is 20.5. The molecule has 0 saturated heterocycles. The van der Waals surface area contributed by atoms with E-state index in [9.17, 15) is 10.1 Å². The quantitative estimate of drug-likeness (QED) is 0.627. The predicted molar refractivity (Wildman–Crippen MR) is 68.1 cm³/mol. The van der Waals surface area contributed by atoms with Gasteiger partial charge in [0, 0.05) is 29.9 Å². The fourth-order valence-electron chi connectivity index (χ4n) is 1.56. The Morgan fingerprint density at radius 2 is 2.32 bits per heavy atom. The first kappa shape index (κ1) is 12.8. The lowest BCUT2D eigenvalue weighted by Crippen LogP contribution is -2.05. The molecule has 0 saturated carbocycles. The van der Waals surface area contributed by atoms with Crippen LogP contribution in [0.4, 0.5) is 11.5 Å². The standard InChI is InChI=1S/C11H13N5O3/c1-7-8(6-13-15-7)5-12-11-9(16(17)18)3-4-10(14-11)19-2/h3-4,6H,5H2,1-2H3,(H,12,14)(H,13,15). The van der Waals surface area contributed by atoms with Crippen LogP contribution >= 0.6 is 0 Å². The number of aromatic nitrogens is 3. The van der Waals surface area contributed by atoms with Crippen LogP contribution in [0.3, 0.4) is 0 Å².